The molecule has 10 nitrogen and oxygen atoms in total. The lowest BCUT2D eigenvalue weighted by molar-refractivity contribution is -0.116. The predicted molar refractivity (Wildman–Crippen MR) is 168 cm³/mol. The maximum absolute atomic E-state index is 13.2. The third kappa shape index (κ3) is 9.48. The molecule has 0 radical (unpaired) electrons. The molecule has 2 aromatic heterocycles. The number of anilines is 1. The van der Waals surface area contributed by atoms with Gasteiger partial charge in [-0.25, -0.2) is 4.98 Å². The minimum Gasteiger partial charge on any atom is -0.491 e. The van der Waals surface area contributed by atoms with Gasteiger partial charge < -0.3 is 34.5 Å². The van der Waals surface area contributed by atoms with Crippen molar-refractivity contribution in [2.24, 2.45) is 0 Å². The fraction of sp³-hybridized carbons (Fsp3) is 0.406. The highest BCUT2D eigenvalue weighted by atomic mass is 31.2. The van der Waals surface area contributed by atoms with Crippen LogP contribution in [0.4, 0.5) is 14.6 Å². The van der Waals surface area contributed by atoms with Crippen LogP contribution in [0.3, 0.4) is 0 Å². The van der Waals surface area contributed by atoms with Gasteiger partial charge in [0.05, 0.1) is 31.9 Å². The van der Waals surface area contributed by atoms with Gasteiger partial charge in [0, 0.05) is 29.8 Å². The van der Waals surface area contributed by atoms with E-state index in [1.165, 1.54) is 5.56 Å². The Bertz CT molecular complexity index is 1700. The lowest BCUT2D eigenvalue weighted by Gasteiger charge is -2.17. The molecule has 0 aliphatic carbocycles. The summed E-state index contributed by atoms with van der Waals surface area (Å²) < 4.78 is 53.2. The molecule has 0 aliphatic rings. The summed E-state index contributed by atoms with van der Waals surface area (Å²) in [7, 11) is -5.49. The first-order valence-electron chi connectivity index (χ1n) is 14.6. The van der Waals surface area contributed by atoms with Gasteiger partial charge in [-0.05, 0) is 79.6 Å². The molecule has 13 heteroatoms. The Morgan fingerprint density at radius 2 is 1.67 bits per heavy atom. The molecule has 2 heterocycles. The molecule has 0 atom stereocenters. The number of pyridine rings is 2. The first kappa shape index (κ1) is 34.3. The number of fused-ring (bicyclic) bond motifs is 3. The van der Waals surface area contributed by atoms with Gasteiger partial charge >= 0.3 is 13.3 Å². The SMILES string of the molecule is CC(=O)CCc1ccc2c(c1)nc(N)c1ncc(CCc3ccc(OCCOCCOCCC(F)(F)P(=O)(O)O)cc3C)cc12. The smallest absolute Gasteiger partial charge is 0.394 e. The van der Waals surface area contributed by atoms with Gasteiger partial charge in [0.2, 0.25) is 0 Å². The zero-order valence-electron chi connectivity index (χ0n) is 25.3. The number of benzene rings is 2. The number of carbonyl (C=O) groups excluding carboxylic acids is 1. The summed E-state index contributed by atoms with van der Waals surface area (Å²) in [6, 6.07) is 14.0. The van der Waals surface area contributed by atoms with Gasteiger partial charge in [0.25, 0.3) is 0 Å². The standard InChI is InChI=1S/C32H38F2N3O7P/c1-21-17-26(44-16-15-43-14-13-42-12-11-32(33,34)45(39,40)41)9-8-25(21)7-5-24-18-28-27-10-6-23(4-3-22(2)38)19-29(27)37-31(35)30(28)36-20-24/h6,8-10,17-20H,3-5,7,11-16H2,1-2H3,(H2,35,37)(H2,39,40,41). The van der Waals surface area contributed by atoms with Crippen molar-refractivity contribution >= 4 is 41.0 Å². The quantitative estimate of drug-likeness (QED) is 0.0756. The van der Waals surface area contributed by atoms with Gasteiger partial charge in [0.15, 0.2) is 5.82 Å². The van der Waals surface area contributed by atoms with Crippen molar-refractivity contribution in [2.75, 3.05) is 38.8 Å². The second-order valence-electron chi connectivity index (χ2n) is 10.9. The highest BCUT2D eigenvalue weighted by molar-refractivity contribution is 7.53. The van der Waals surface area contributed by atoms with Crippen molar-refractivity contribution in [3.8, 4) is 5.75 Å². The minimum atomic E-state index is -5.49. The minimum absolute atomic E-state index is 0.0153. The van der Waals surface area contributed by atoms with E-state index in [1.807, 2.05) is 49.5 Å². The summed E-state index contributed by atoms with van der Waals surface area (Å²) in [6.07, 6.45) is 3.50. The fourth-order valence-corrected chi connectivity index (χ4v) is 5.19. The highest BCUT2D eigenvalue weighted by Gasteiger charge is 2.48. The number of hydrogen-bond donors (Lipinski definition) is 3. The van der Waals surface area contributed by atoms with Crippen LogP contribution in [0.5, 0.6) is 5.75 Å². The Hall–Kier alpha value is -3.54. The van der Waals surface area contributed by atoms with E-state index < -0.39 is 26.3 Å². The van der Waals surface area contributed by atoms with Crippen LogP contribution < -0.4 is 10.5 Å². The molecule has 0 saturated heterocycles. The van der Waals surface area contributed by atoms with Crippen LogP contribution in [0, 0.1) is 6.92 Å². The van der Waals surface area contributed by atoms with Crippen molar-refractivity contribution in [1.82, 2.24) is 9.97 Å². The summed E-state index contributed by atoms with van der Waals surface area (Å²) in [5, 5.41) is 1.92. The number of aromatic nitrogens is 2. The maximum atomic E-state index is 13.2. The summed E-state index contributed by atoms with van der Waals surface area (Å²) in [6.45, 7) is 3.80. The Labute approximate surface area is 260 Å². The number of carbonyl (C=O) groups is 1. The molecule has 0 amide bonds. The molecule has 242 valence electrons. The summed E-state index contributed by atoms with van der Waals surface area (Å²) in [5.41, 5.74) is 7.97. The second-order valence-corrected chi connectivity index (χ2v) is 12.7. The summed E-state index contributed by atoms with van der Waals surface area (Å²) in [4.78, 5) is 37.8. The molecule has 0 aliphatic heterocycles. The molecule has 4 rings (SSSR count). The number of ether oxygens (including phenoxy) is 3. The third-order valence-corrected chi connectivity index (χ3v) is 8.46. The molecule has 45 heavy (non-hydrogen) atoms. The molecular formula is C32H38F2N3O7P. The summed E-state index contributed by atoms with van der Waals surface area (Å²) in [5.74, 6) is 1.22. The van der Waals surface area contributed by atoms with E-state index in [0.29, 0.717) is 29.9 Å². The fourth-order valence-electron chi connectivity index (χ4n) is 4.81. The zero-order chi connectivity index (χ0) is 32.6. The lowest BCUT2D eigenvalue weighted by Crippen LogP contribution is -2.20. The normalized spacial score (nSPS) is 12.2. The first-order chi connectivity index (χ1) is 21.3. The van der Waals surface area contributed by atoms with E-state index in [-0.39, 0.29) is 32.2 Å². The molecule has 0 bridgehead atoms. The van der Waals surface area contributed by atoms with Crippen LogP contribution in [0.15, 0.2) is 48.7 Å². The number of aryl methyl sites for hydroxylation is 4. The molecule has 4 N–H and O–H groups in total. The average molecular weight is 646 g/mol. The first-order valence-corrected chi connectivity index (χ1v) is 16.2. The van der Waals surface area contributed by atoms with E-state index in [4.69, 9.17) is 29.7 Å². The van der Waals surface area contributed by atoms with Crippen LogP contribution >= 0.6 is 7.60 Å². The van der Waals surface area contributed by atoms with Crippen molar-refractivity contribution in [3.05, 3.63) is 70.9 Å². The maximum Gasteiger partial charge on any atom is 0.394 e. The lowest BCUT2D eigenvalue weighted by atomic mass is 9.99. The van der Waals surface area contributed by atoms with Crippen molar-refractivity contribution in [2.45, 2.75) is 51.6 Å². The van der Waals surface area contributed by atoms with Gasteiger partial charge in [-0.3, -0.25) is 9.55 Å². The topological polar surface area (TPSA) is 154 Å². The number of ketones is 1. The number of halogens is 2. The zero-order valence-corrected chi connectivity index (χ0v) is 26.2. The Morgan fingerprint density at radius 3 is 2.38 bits per heavy atom. The third-order valence-electron chi connectivity index (χ3n) is 7.38. The number of nitrogens with zero attached hydrogens (tertiary/aromatic N) is 2. The molecule has 0 saturated carbocycles. The monoisotopic (exact) mass is 645 g/mol. The van der Waals surface area contributed by atoms with Crippen molar-refractivity contribution < 1.29 is 42.1 Å². The Balaban J connectivity index is 1.25. The predicted octanol–water partition coefficient (Wildman–Crippen LogP) is 5.55. The number of alkyl halides is 2. The van der Waals surface area contributed by atoms with Gasteiger partial charge in [-0.15, -0.1) is 0 Å². The number of nitrogen functional groups attached to an aromatic ring is 1. The van der Waals surface area contributed by atoms with E-state index in [0.717, 1.165) is 45.8 Å². The van der Waals surface area contributed by atoms with E-state index in [2.05, 4.69) is 16.0 Å². The van der Waals surface area contributed by atoms with Crippen LogP contribution in [-0.2, 0) is 38.1 Å². The Kier molecular flexibility index (Phi) is 11.6. The molecule has 0 unspecified atom stereocenters. The number of hydrogen-bond acceptors (Lipinski definition) is 8. The van der Waals surface area contributed by atoms with E-state index >= 15 is 0 Å². The van der Waals surface area contributed by atoms with Crippen molar-refractivity contribution in [3.63, 3.8) is 0 Å². The Morgan fingerprint density at radius 1 is 0.933 bits per heavy atom. The summed E-state index contributed by atoms with van der Waals surface area (Å²) >= 11 is 0. The van der Waals surface area contributed by atoms with Crippen LogP contribution in [0.2, 0.25) is 0 Å². The molecule has 4 aromatic rings. The highest BCUT2D eigenvalue weighted by Crippen LogP contribution is 2.54. The van der Waals surface area contributed by atoms with Gasteiger partial charge in [-0.1, -0.05) is 18.2 Å². The molecular weight excluding hydrogens is 607 g/mol. The molecule has 0 fully saturated rings. The number of rotatable bonds is 17. The van der Waals surface area contributed by atoms with Crippen LogP contribution in [0.1, 0.15) is 42.0 Å². The van der Waals surface area contributed by atoms with E-state index in [1.54, 1.807) is 6.92 Å². The molecule has 0 spiro atoms. The molecule has 2 aromatic carbocycles. The van der Waals surface area contributed by atoms with Crippen molar-refractivity contribution in [1.29, 1.82) is 0 Å². The number of nitrogens with two attached hydrogens (primary N) is 1. The largest absolute Gasteiger partial charge is 0.491 e. The second kappa shape index (κ2) is 15.2. The van der Waals surface area contributed by atoms with Crippen LogP contribution in [0.25, 0.3) is 21.8 Å². The van der Waals surface area contributed by atoms with E-state index in [9.17, 15) is 18.1 Å². The number of Topliss-reactive ketones (excluding diaryl/α,β-unsaturated/α-hetero) is 1. The average Bonchev–Trinajstić information content (AvgIpc) is 2.98. The van der Waals surface area contributed by atoms with Gasteiger partial charge in [0.1, 0.15) is 23.7 Å². The van der Waals surface area contributed by atoms with Crippen LogP contribution in [-0.4, -0.2) is 64.2 Å². The van der Waals surface area contributed by atoms with Gasteiger partial charge in [-0.2, -0.15) is 8.78 Å².